The largest absolute Gasteiger partial charge is 0.393 e. The number of aliphatic hydroxyl groups is 1. The van der Waals surface area contributed by atoms with E-state index in [1.54, 1.807) is 49.1 Å². The maximum Gasteiger partial charge on any atom is 0.267 e. The van der Waals surface area contributed by atoms with Crippen molar-refractivity contribution in [2.75, 3.05) is 6.54 Å². The third-order valence-electron chi connectivity index (χ3n) is 8.24. The minimum atomic E-state index is -0.679. The lowest BCUT2D eigenvalue weighted by Crippen LogP contribution is -2.51. The minimum absolute atomic E-state index is 0.233. The van der Waals surface area contributed by atoms with Gasteiger partial charge in [0.2, 0.25) is 5.91 Å². The molecule has 0 spiro atoms. The molecular weight excluding hydrogens is 511 g/mol. The molecule has 8 nitrogen and oxygen atoms in total. The van der Waals surface area contributed by atoms with Crippen molar-refractivity contribution in [1.82, 2.24) is 20.4 Å². The molecule has 0 bridgehead atoms. The number of hydrogen-bond donors (Lipinski definition) is 3. The fraction of sp³-hybridized carbons (Fsp3) is 0.419. The Kier molecular flexibility index (Phi) is 8.54. The number of carbonyl (C=O) groups is 2. The highest BCUT2D eigenvalue weighted by Crippen LogP contribution is 2.44. The van der Waals surface area contributed by atoms with E-state index in [1.165, 1.54) is 12.1 Å². The summed E-state index contributed by atoms with van der Waals surface area (Å²) in [6.45, 7) is 8.98. The summed E-state index contributed by atoms with van der Waals surface area (Å²) in [4.78, 5) is 40.5. The van der Waals surface area contributed by atoms with Gasteiger partial charge in [0.05, 0.1) is 24.4 Å². The summed E-state index contributed by atoms with van der Waals surface area (Å²) in [5.41, 5.74) is 3.29. The highest BCUT2D eigenvalue weighted by molar-refractivity contribution is 5.96. The van der Waals surface area contributed by atoms with Crippen LogP contribution in [0, 0.1) is 25.1 Å². The number of aromatic amines is 1. The normalized spacial score (nSPS) is 18.0. The van der Waals surface area contributed by atoms with Gasteiger partial charge in [0, 0.05) is 29.0 Å². The number of aryl methyl sites for hydroxylation is 2. The fourth-order valence-electron chi connectivity index (χ4n) is 5.49. The summed E-state index contributed by atoms with van der Waals surface area (Å²) in [5, 5.41) is 19.6. The van der Waals surface area contributed by atoms with Crippen molar-refractivity contribution in [3.05, 3.63) is 98.2 Å². The molecular formula is C31H37FN4O4. The van der Waals surface area contributed by atoms with Crippen LogP contribution in [-0.2, 0) is 11.2 Å². The Morgan fingerprint density at radius 1 is 1.15 bits per heavy atom. The molecule has 3 aromatic rings. The standard InChI is InChI=1S/C31H37FN4O4/c1-18-13-23(10-9-21(18)15-24-14-19(2)34-35-30(24)40)29(39)33-17-28(38)36-26(22-7-6-8-25(32)16-22)11-12-27(36)31(4,5)20(3)37/h6-10,13-14,16,20,26-27,37H,11-12,15,17H2,1-5H3,(H,33,39)(H,35,40). The van der Waals surface area contributed by atoms with Crippen LogP contribution < -0.4 is 10.9 Å². The Labute approximate surface area is 233 Å². The molecule has 40 heavy (non-hydrogen) atoms. The maximum atomic E-state index is 14.0. The van der Waals surface area contributed by atoms with E-state index in [-0.39, 0.29) is 35.9 Å². The second-order valence-electron chi connectivity index (χ2n) is 11.3. The van der Waals surface area contributed by atoms with Crippen molar-refractivity contribution in [2.24, 2.45) is 5.41 Å². The van der Waals surface area contributed by atoms with Gasteiger partial charge in [-0.2, -0.15) is 5.10 Å². The molecule has 3 unspecified atom stereocenters. The number of aromatic nitrogens is 2. The van der Waals surface area contributed by atoms with E-state index < -0.39 is 17.4 Å². The average Bonchev–Trinajstić information content (AvgIpc) is 3.36. The van der Waals surface area contributed by atoms with Gasteiger partial charge in [0.1, 0.15) is 5.82 Å². The molecule has 2 heterocycles. The van der Waals surface area contributed by atoms with Crippen molar-refractivity contribution in [3.63, 3.8) is 0 Å². The van der Waals surface area contributed by atoms with Gasteiger partial charge in [-0.25, -0.2) is 9.49 Å². The lowest BCUT2D eigenvalue weighted by molar-refractivity contribution is -0.137. The predicted octanol–water partition coefficient (Wildman–Crippen LogP) is 3.99. The third-order valence-corrected chi connectivity index (χ3v) is 8.24. The second-order valence-corrected chi connectivity index (χ2v) is 11.3. The van der Waals surface area contributed by atoms with Crippen molar-refractivity contribution in [3.8, 4) is 0 Å². The minimum Gasteiger partial charge on any atom is -0.393 e. The molecule has 1 fully saturated rings. The van der Waals surface area contributed by atoms with E-state index in [4.69, 9.17) is 0 Å². The number of halogens is 1. The zero-order valence-electron chi connectivity index (χ0n) is 23.6. The molecule has 2 amide bonds. The highest BCUT2D eigenvalue weighted by atomic mass is 19.1. The van der Waals surface area contributed by atoms with Gasteiger partial charge in [-0.3, -0.25) is 14.4 Å². The van der Waals surface area contributed by atoms with Crippen molar-refractivity contribution in [1.29, 1.82) is 0 Å². The molecule has 4 rings (SSSR count). The summed E-state index contributed by atoms with van der Waals surface area (Å²) < 4.78 is 14.0. The van der Waals surface area contributed by atoms with E-state index >= 15 is 0 Å². The molecule has 1 aliphatic heterocycles. The van der Waals surface area contributed by atoms with Crippen LogP contribution in [0.5, 0.6) is 0 Å². The number of nitrogens with one attached hydrogen (secondary N) is 2. The molecule has 1 saturated heterocycles. The van der Waals surface area contributed by atoms with Crippen LogP contribution in [0.4, 0.5) is 4.39 Å². The van der Waals surface area contributed by atoms with Gasteiger partial charge in [0.25, 0.3) is 11.5 Å². The SMILES string of the molecule is Cc1cc(Cc2ccc(C(=O)NCC(=O)N3C(c4cccc(F)c4)CCC3C(C)(C)C(C)O)cc2C)c(=O)[nH]n1. The molecule has 1 aromatic heterocycles. The molecule has 9 heteroatoms. The fourth-order valence-corrected chi connectivity index (χ4v) is 5.49. The lowest BCUT2D eigenvalue weighted by Gasteiger charge is -2.42. The zero-order chi connectivity index (χ0) is 29.2. The van der Waals surface area contributed by atoms with Gasteiger partial charge in [-0.15, -0.1) is 0 Å². The van der Waals surface area contributed by atoms with Crippen LogP contribution in [0.1, 0.15) is 78.0 Å². The molecule has 1 aliphatic rings. The average molecular weight is 549 g/mol. The number of aliphatic hydroxyl groups excluding tert-OH is 1. The van der Waals surface area contributed by atoms with Crippen molar-refractivity contribution >= 4 is 11.8 Å². The van der Waals surface area contributed by atoms with E-state index in [0.717, 1.165) is 11.1 Å². The van der Waals surface area contributed by atoms with Crippen LogP contribution >= 0.6 is 0 Å². The van der Waals surface area contributed by atoms with Crippen molar-refractivity contribution < 1.29 is 19.1 Å². The van der Waals surface area contributed by atoms with E-state index in [1.807, 2.05) is 26.8 Å². The summed E-state index contributed by atoms with van der Waals surface area (Å²) in [5.74, 6) is -1.06. The topological polar surface area (TPSA) is 115 Å². The molecule has 0 saturated carbocycles. The molecule has 212 valence electrons. The molecule has 3 N–H and O–H groups in total. The lowest BCUT2D eigenvalue weighted by atomic mass is 9.78. The van der Waals surface area contributed by atoms with Gasteiger partial charge < -0.3 is 15.3 Å². The number of carbonyl (C=O) groups excluding carboxylic acids is 2. The van der Waals surface area contributed by atoms with Crippen LogP contribution in [-0.4, -0.2) is 50.7 Å². The monoisotopic (exact) mass is 548 g/mol. The van der Waals surface area contributed by atoms with Crippen LogP contribution in [0.25, 0.3) is 0 Å². The Hall–Kier alpha value is -3.85. The second kappa shape index (κ2) is 11.7. The number of nitrogens with zero attached hydrogens (tertiary/aromatic N) is 2. The first-order valence-electron chi connectivity index (χ1n) is 13.6. The number of likely N-dealkylation sites (tertiary alicyclic amines) is 1. The highest BCUT2D eigenvalue weighted by Gasteiger charge is 2.47. The Balaban J connectivity index is 1.50. The van der Waals surface area contributed by atoms with Crippen molar-refractivity contribution in [2.45, 2.75) is 72.1 Å². The molecule has 3 atom stereocenters. The molecule has 0 aliphatic carbocycles. The Morgan fingerprint density at radius 3 is 2.58 bits per heavy atom. The smallest absolute Gasteiger partial charge is 0.267 e. The predicted molar refractivity (Wildman–Crippen MR) is 150 cm³/mol. The van der Waals surface area contributed by atoms with E-state index in [9.17, 15) is 23.9 Å². The Bertz CT molecular complexity index is 1470. The number of H-pyrrole nitrogens is 1. The quantitative estimate of drug-likeness (QED) is 0.394. The summed E-state index contributed by atoms with van der Waals surface area (Å²) in [6, 6.07) is 12.6. The summed E-state index contributed by atoms with van der Waals surface area (Å²) in [7, 11) is 0. The molecule has 0 radical (unpaired) electrons. The zero-order valence-corrected chi connectivity index (χ0v) is 23.6. The van der Waals surface area contributed by atoms with Crippen LogP contribution in [0.3, 0.4) is 0 Å². The summed E-state index contributed by atoms with van der Waals surface area (Å²) >= 11 is 0. The number of amides is 2. The van der Waals surface area contributed by atoms with Gasteiger partial charge in [-0.1, -0.05) is 32.0 Å². The first-order valence-corrected chi connectivity index (χ1v) is 13.6. The van der Waals surface area contributed by atoms with Crippen LogP contribution in [0.2, 0.25) is 0 Å². The van der Waals surface area contributed by atoms with Gasteiger partial charge in [-0.05, 0) is 80.6 Å². The number of rotatable bonds is 8. The number of benzene rings is 2. The molecule has 2 aromatic carbocycles. The van der Waals surface area contributed by atoms with E-state index in [2.05, 4.69) is 15.5 Å². The van der Waals surface area contributed by atoms with Gasteiger partial charge in [0.15, 0.2) is 0 Å². The van der Waals surface area contributed by atoms with Crippen LogP contribution in [0.15, 0.2) is 53.3 Å². The van der Waals surface area contributed by atoms with E-state index in [0.29, 0.717) is 41.6 Å². The first-order chi connectivity index (χ1) is 18.9. The maximum absolute atomic E-state index is 14.0. The van der Waals surface area contributed by atoms with Gasteiger partial charge >= 0.3 is 0 Å². The first kappa shape index (κ1) is 29.1. The Morgan fingerprint density at radius 2 is 1.90 bits per heavy atom. The summed E-state index contributed by atoms with van der Waals surface area (Å²) in [6.07, 6.45) is 1.01. The number of hydrogen-bond acceptors (Lipinski definition) is 5. The third kappa shape index (κ3) is 6.14.